The van der Waals surface area contributed by atoms with Gasteiger partial charge in [0.2, 0.25) is 0 Å². The van der Waals surface area contributed by atoms with Crippen molar-refractivity contribution in [1.29, 1.82) is 0 Å². The maximum Gasteiger partial charge on any atom is 0.0645 e. The second kappa shape index (κ2) is 13.8. The summed E-state index contributed by atoms with van der Waals surface area (Å²) in [5.74, 6) is 0. The Hall–Kier alpha value is -7.82. The van der Waals surface area contributed by atoms with Gasteiger partial charge in [-0.3, -0.25) is 0 Å². The van der Waals surface area contributed by atoms with E-state index in [1.165, 1.54) is 0 Å². The molecule has 0 aliphatic heterocycles. The molecule has 0 saturated heterocycles. The van der Waals surface area contributed by atoms with Gasteiger partial charge in [-0.1, -0.05) is 163 Å². The van der Waals surface area contributed by atoms with Gasteiger partial charge in [-0.25, -0.2) is 0 Å². The SMILES string of the molecule is [2H]c1c([2H])c2c3cc4c(cc3n3c5c(C(C)(C)C)cccc5c(c1N(c1ccccc1)c1ccccc1)c23)c1c([2H])c([2H])c(N(c2ccccc2)c2ccccc2)c2c3cccc(C(C)(C)C)c3n4c12. The standard InChI is InChI=1S/C62H50N4/c1-61(2,3)49-31-19-29-45-55-51(63(39-21-11-7-12-22-39)40-23-13-8-14-24-40)35-33-43-47-38-54-48(37-53(47)65(57(45)49)59(43)55)44-34-36-52(64(41-25-15-9-16-26-41)42-27-17-10-18-28-42)56-46-30-20-32-50(62(4,5)6)58(46)66(54)60(44)56/h7-38H,1-6H3/i33D,34D,35D,36D. The summed E-state index contributed by atoms with van der Waals surface area (Å²) in [7, 11) is 0. The Morgan fingerprint density at radius 2 is 0.682 bits per heavy atom. The number of benzene rings is 9. The fourth-order valence-corrected chi connectivity index (χ4v) is 11.0. The third-order valence-electron chi connectivity index (χ3n) is 13.8. The molecule has 0 aliphatic rings. The summed E-state index contributed by atoms with van der Waals surface area (Å²) in [6.45, 7) is 13.5. The average Bonchev–Trinajstić information content (AvgIpc) is 4.08. The molecule has 13 aromatic rings. The lowest BCUT2D eigenvalue weighted by molar-refractivity contribution is 0.594. The number of rotatable bonds is 6. The monoisotopic (exact) mass is 854 g/mol. The van der Waals surface area contributed by atoms with E-state index in [1.807, 2.05) is 72.8 Å². The van der Waals surface area contributed by atoms with Crippen molar-refractivity contribution in [1.82, 2.24) is 8.80 Å². The van der Waals surface area contributed by atoms with Crippen LogP contribution < -0.4 is 9.80 Å². The summed E-state index contributed by atoms with van der Waals surface area (Å²) in [5.41, 5.74) is 12.4. The first-order valence-corrected chi connectivity index (χ1v) is 23.0. The highest BCUT2D eigenvalue weighted by molar-refractivity contribution is 6.32. The molecule has 66 heavy (non-hydrogen) atoms. The molecule has 0 spiro atoms. The van der Waals surface area contributed by atoms with Gasteiger partial charge in [0.25, 0.3) is 0 Å². The van der Waals surface area contributed by atoms with Crippen molar-refractivity contribution in [3.8, 4) is 0 Å². The number of fused-ring (bicyclic) bond motifs is 12. The summed E-state index contributed by atoms with van der Waals surface area (Å²) in [5, 5.41) is 7.10. The largest absolute Gasteiger partial charge is 0.310 e. The number of aromatic nitrogens is 2. The molecule has 0 radical (unpaired) electrons. The lowest BCUT2D eigenvalue weighted by Crippen LogP contribution is -2.12. The van der Waals surface area contributed by atoms with E-state index in [0.29, 0.717) is 11.4 Å². The van der Waals surface area contributed by atoms with Crippen LogP contribution in [0.4, 0.5) is 34.1 Å². The van der Waals surface area contributed by atoms with E-state index < -0.39 is 0 Å². The second-order valence-corrected chi connectivity index (χ2v) is 19.9. The topological polar surface area (TPSA) is 15.3 Å². The predicted molar refractivity (Wildman–Crippen MR) is 283 cm³/mol. The Morgan fingerprint density at radius 1 is 0.348 bits per heavy atom. The van der Waals surface area contributed by atoms with Gasteiger partial charge in [-0.2, -0.15) is 0 Å². The van der Waals surface area contributed by atoms with Crippen LogP contribution in [0.3, 0.4) is 0 Å². The van der Waals surface area contributed by atoms with Crippen molar-refractivity contribution in [2.75, 3.05) is 9.80 Å². The van der Waals surface area contributed by atoms with Crippen molar-refractivity contribution in [2.45, 2.75) is 52.4 Å². The Bertz CT molecular complexity index is 3870. The minimum absolute atomic E-state index is 0.148. The maximum atomic E-state index is 10.2. The van der Waals surface area contributed by atoms with Gasteiger partial charge < -0.3 is 18.6 Å². The Morgan fingerprint density at radius 3 is 1.00 bits per heavy atom. The molecule has 0 N–H and O–H groups in total. The number of anilines is 6. The van der Waals surface area contributed by atoms with E-state index in [1.54, 1.807) is 0 Å². The van der Waals surface area contributed by atoms with Crippen LogP contribution in [0.25, 0.3) is 76.2 Å². The molecule has 4 heteroatoms. The van der Waals surface area contributed by atoms with Crippen molar-refractivity contribution >= 4 is 110 Å². The minimum Gasteiger partial charge on any atom is -0.310 e. The second-order valence-electron chi connectivity index (χ2n) is 19.9. The van der Waals surface area contributed by atoms with E-state index in [0.717, 1.165) is 110 Å². The molecule has 9 aromatic carbocycles. The van der Waals surface area contributed by atoms with Gasteiger partial charge in [0.05, 0.1) is 50.0 Å². The molecule has 0 aliphatic carbocycles. The zero-order chi connectivity index (χ0) is 48.1. The fraction of sp³-hybridized carbons (Fsp3) is 0.129. The van der Waals surface area contributed by atoms with Gasteiger partial charge in [-0.05, 0) is 94.7 Å². The molecule has 0 saturated carbocycles. The van der Waals surface area contributed by atoms with Crippen LogP contribution in [0.2, 0.25) is 0 Å². The number of nitrogens with zero attached hydrogens (tertiary/aromatic N) is 4. The van der Waals surface area contributed by atoms with Crippen LogP contribution in [0.5, 0.6) is 0 Å². The lowest BCUT2D eigenvalue weighted by atomic mass is 9.85. The normalized spacial score (nSPS) is 13.5. The smallest absolute Gasteiger partial charge is 0.0645 e. The summed E-state index contributed by atoms with van der Waals surface area (Å²) in [4.78, 5) is 4.30. The van der Waals surface area contributed by atoms with Gasteiger partial charge in [-0.15, -0.1) is 0 Å². The van der Waals surface area contributed by atoms with E-state index in [-0.39, 0.29) is 35.0 Å². The Kier molecular flexibility index (Phi) is 7.25. The molecule has 0 amide bonds. The van der Waals surface area contributed by atoms with Gasteiger partial charge in [0, 0.05) is 65.8 Å². The van der Waals surface area contributed by atoms with Gasteiger partial charge in [0.15, 0.2) is 0 Å². The van der Waals surface area contributed by atoms with Crippen molar-refractivity contribution < 1.29 is 5.48 Å². The van der Waals surface area contributed by atoms with Crippen molar-refractivity contribution in [3.63, 3.8) is 0 Å². The Balaban J connectivity index is 1.26. The number of hydrogen-bond acceptors (Lipinski definition) is 2. The zero-order valence-electron chi connectivity index (χ0n) is 42.0. The van der Waals surface area contributed by atoms with E-state index >= 15 is 0 Å². The zero-order valence-corrected chi connectivity index (χ0v) is 38.0. The molecule has 4 heterocycles. The molecular weight excluding hydrogens is 801 g/mol. The fourth-order valence-electron chi connectivity index (χ4n) is 11.0. The summed E-state index contributed by atoms with van der Waals surface area (Å²) in [6, 6.07) is 58.9. The number of para-hydroxylation sites is 6. The molecular formula is C62H50N4. The number of hydrogen-bond donors (Lipinski definition) is 0. The molecule has 0 fully saturated rings. The summed E-state index contributed by atoms with van der Waals surface area (Å²) in [6.07, 6.45) is 0. The molecule has 13 rings (SSSR count). The van der Waals surface area contributed by atoms with Crippen LogP contribution in [-0.4, -0.2) is 8.80 Å². The Labute approximate surface area is 390 Å². The molecule has 4 aromatic heterocycles. The highest BCUT2D eigenvalue weighted by Gasteiger charge is 2.31. The molecule has 318 valence electrons. The minimum atomic E-state index is -0.264. The first-order chi connectivity index (χ1) is 33.8. The first-order valence-electron chi connectivity index (χ1n) is 25.0. The van der Waals surface area contributed by atoms with E-state index in [2.05, 4.69) is 157 Å². The van der Waals surface area contributed by atoms with E-state index in [4.69, 9.17) is 0 Å². The quantitative estimate of drug-likeness (QED) is 0.166. The summed E-state index contributed by atoms with van der Waals surface area (Å²) < 4.78 is 45.6. The van der Waals surface area contributed by atoms with Crippen LogP contribution in [0.15, 0.2) is 194 Å². The predicted octanol–water partition coefficient (Wildman–Crippen LogP) is 17.5. The molecule has 0 bridgehead atoms. The first kappa shape index (κ1) is 34.6. The maximum absolute atomic E-state index is 10.2. The molecule has 0 atom stereocenters. The third kappa shape index (κ3) is 5.39. The lowest BCUT2D eigenvalue weighted by Gasteiger charge is -2.26. The van der Waals surface area contributed by atoms with Crippen molar-refractivity contribution in [2.24, 2.45) is 0 Å². The van der Waals surface area contributed by atoms with Gasteiger partial charge >= 0.3 is 0 Å². The van der Waals surface area contributed by atoms with Crippen LogP contribution in [-0.2, 0) is 10.8 Å². The summed E-state index contributed by atoms with van der Waals surface area (Å²) >= 11 is 0. The molecule has 4 nitrogen and oxygen atoms in total. The van der Waals surface area contributed by atoms with E-state index in [9.17, 15) is 5.48 Å². The third-order valence-corrected chi connectivity index (χ3v) is 13.8. The average molecular weight is 855 g/mol. The van der Waals surface area contributed by atoms with Crippen LogP contribution in [0.1, 0.15) is 58.2 Å². The highest BCUT2D eigenvalue weighted by atomic mass is 15.2. The van der Waals surface area contributed by atoms with Crippen molar-refractivity contribution in [3.05, 3.63) is 205 Å². The van der Waals surface area contributed by atoms with Crippen LogP contribution in [0, 0.1) is 0 Å². The van der Waals surface area contributed by atoms with Crippen LogP contribution >= 0.6 is 0 Å². The van der Waals surface area contributed by atoms with Gasteiger partial charge in [0.1, 0.15) is 0 Å². The highest BCUT2D eigenvalue weighted by Crippen LogP contribution is 2.52. The molecule has 0 unspecified atom stereocenters.